The summed E-state index contributed by atoms with van der Waals surface area (Å²) in [6, 6.07) is 9.20. The predicted molar refractivity (Wildman–Crippen MR) is 91.3 cm³/mol. The van der Waals surface area contributed by atoms with E-state index in [2.05, 4.69) is 0 Å². The van der Waals surface area contributed by atoms with Crippen molar-refractivity contribution in [1.82, 2.24) is 0 Å². The monoisotopic (exact) mass is 346 g/mol. The molecule has 1 N–H and O–H groups in total. The van der Waals surface area contributed by atoms with E-state index < -0.39 is 5.97 Å². The van der Waals surface area contributed by atoms with E-state index >= 15 is 0 Å². The van der Waals surface area contributed by atoms with Crippen molar-refractivity contribution in [1.29, 1.82) is 0 Å². The van der Waals surface area contributed by atoms with Gasteiger partial charge in [-0.05, 0) is 29.8 Å². The van der Waals surface area contributed by atoms with Gasteiger partial charge in [-0.25, -0.2) is 4.79 Å². The van der Waals surface area contributed by atoms with Gasteiger partial charge in [0, 0.05) is 11.6 Å². The van der Waals surface area contributed by atoms with Crippen LogP contribution in [0.2, 0.25) is 5.02 Å². The largest absolute Gasteiger partial charge is 0.493 e. The first-order valence-electron chi connectivity index (χ1n) is 6.93. The summed E-state index contributed by atoms with van der Waals surface area (Å²) in [5.41, 5.74) is 1.17. The van der Waals surface area contributed by atoms with E-state index in [4.69, 9.17) is 26.2 Å². The predicted octanol–water partition coefficient (Wildman–Crippen LogP) is 3.95. The van der Waals surface area contributed by atoms with E-state index in [0.717, 1.165) is 0 Å². The zero-order chi connectivity index (χ0) is 17.7. The molecular weight excluding hydrogens is 332 g/mol. The molecule has 0 saturated carbocycles. The third-order valence-electron chi connectivity index (χ3n) is 3.32. The van der Waals surface area contributed by atoms with Crippen molar-refractivity contribution >= 4 is 29.4 Å². The fraction of sp³-hybridized carbons (Fsp3) is 0.111. The Balaban J connectivity index is 2.24. The highest BCUT2D eigenvalue weighted by atomic mass is 35.5. The third-order valence-corrected chi connectivity index (χ3v) is 3.64. The van der Waals surface area contributed by atoms with E-state index in [-0.39, 0.29) is 21.9 Å². The molecule has 0 fully saturated rings. The number of halogens is 1. The Bertz CT molecular complexity index is 794. The first kappa shape index (κ1) is 17.6. The summed E-state index contributed by atoms with van der Waals surface area (Å²) in [6.45, 7) is 0. The molecule has 6 heteroatoms. The van der Waals surface area contributed by atoms with Crippen LogP contribution in [0, 0.1) is 0 Å². The van der Waals surface area contributed by atoms with Gasteiger partial charge in [0.2, 0.25) is 0 Å². The van der Waals surface area contributed by atoms with Gasteiger partial charge in [0.25, 0.3) is 0 Å². The van der Waals surface area contributed by atoms with E-state index in [1.165, 1.54) is 44.6 Å². The standard InChI is InChI=1S/C18H15ClO5/c1-23-16-9-13(14(19)10-17(16)24-2)15(20)8-5-11-3-6-12(7-4-11)18(21)22/h3-10H,1-2H3,(H,21,22). The van der Waals surface area contributed by atoms with Crippen LogP contribution in [0.15, 0.2) is 42.5 Å². The smallest absolute Gasteiger partial charge is 0.335 e. The molecule has 2 aromatic carbocycles. The summed E-state index contributed by atoms with van der Waals surface area (Å²) in [6.07, 6.45) is 2.95. The van der Waals surface area contributed by atoms with Crippen molar-refractivity contribution in [3.63, 3.8) is 0 Å². The van der Waals surface area contributed by atoms with Crippen molar-refractivity contribution in [3.8, 4) is 11.5 Å². The normalized spacial score (nSPS) is 10.6. The number of ketones is 1. The first-order chi connectivity index (χ1) is 11.5. The number of aromatic carboxylic acids is 1. The zero-order valence-electron chi connectivity index (χ0n) is 13.1. The molecule has 0 spiro atoms. The number of carboxylic acids is 1. The lowest BCUT2D eigenvalue weighted by molar-refractivity contribution is 0.0696. The molecular formula is C18H15ClO5. The van der Waals surface area contributed by atoms with Gasteiger partial charge in [0.05, 0.1) is 24.8 Å². The maximum atomic E-state index is 12.3. The molecule has 0 unspecified atom stereocenters. The lowest BCUT2D eigenvalue weighted by Gasteiger charge is -2.10. The highest BCUT2D eigenvalue weighted by Crippen LogP contribution is 2.33. The second kappa shape index (κ2) is 7.66. The summed E-state index contributed by atoms with van der Waals surface area (Å²) in [4.78, 5) is 23.1. The Morgan fingerprint density at radius 1 is 1.04 bits per heavy atom. The highest BCUT2D eigenvalue weighted by molar-refractivity contribution is 6.35. The second-order valence-corrected chi connectivity index (χ2v) is 5.22. The first-order valence-corrected chi connectivity index (χ1v) is 7.31. The molecule has 0 aliphatic carbocycles. The number of carboxylic acid groups (broad SMARTS) is 1. The summed E-state index contributed by atoms with van der Waals surface area (Å²) in [7, 11) is 2.95. The van der Waals surface area contributed by atoms with Gasteiger partial charge in [0.1, 0.15) is 0 Å². The van der Waals surface area contributed by atoms with Gasteiger partial charge >= 0.3 is 5.97 Å². The SMILES string of the molecule is COc1cc(Cl)c(C(=O)C=Cc2ccc(C(=O)O)cc2)cc1OC. The van der Waals surface area contributed by atoms with Crippen LogP contribution in [-0.2, 0) is 0 Å². The Morgan fingerprint density at radius 2 is 1.62 bits per heavy atom. The molecule has 2 rings (SSSR count). The number of carbonyl (C=O) groups is 2. The number of carbonyl (C=O) groups excluding carboxylic acids is 1. The van der Waals surface area contributed by atoms with E-state index in [1.54, 1.807) is 18.2 Å². The average molecular weight is 347 g/mol. The van der Waals surface area contributed by atoms with Gasteiger partial charge in [-0.2, -0.15) is 0 Å². The molecule has 0 amide bonds. The molecule has 0 aromatic heterocycles. The molecule has 2 aromatic rings. The lowest BCUT2D eigenvalue weighted by Crippen LogP contribution is -1.99. The van der Waals surface area contributed by atoms with E-state index in [0.29, 0.717) is 17.1 Å². The van der Waals surface area contributed by atoms with Gasteiger partial charge < -0.3 is 14.6 Å². The van der Waals surface area contributed by atoms with Gasteiger partial charge in [-0.1, -0.05) is 29.8 Å². The Hall–Kier alpha value is -2.79. The lowest BCUT2D eigenvalue weighted by atomic mass is 10.1. The topological polar surface area (TPSA) is 72.8 Å². The minimum atomic E-state index is -1.00. The fourth-order valence-corrected chi connectivity index (χ4v) is 2.29. The van der Waals surface area contributed by atoms with Crippen LogP contribution in [0.5, 0.6) is 11.5 Å². The number of hydrogen-bond donors (Lipinski definition) is 1. The molecule has 124 valence electrons. The average Bonchev–Trinajstić information content (AvgIpc) is 2.59. The van der Waals surface area contributed by atoms with Crippen molar-refractivity contribution in [2.45, 2.75) is 0 Å². The summed E-state index contributed by atoms with van der Waals surface area (Å²) >= 11 is 6.11. The van der Waals surface area contributed by atoms with Gasteiger partial charge in [-0.3, -0.25) is 4.79 Å². The molecule has 0 aliphatic heterocycles. The molecule has 0 radical (unpaired) electrons. The number of benzene rings is 2. The minimum absolute atomic E-state index is 0.182. The van der Waals surface area contributed by atoms with Crippen molar-refractivity contribution in [3.05, 3.63) is 64.2 Å². The van der Waals surface area contributed by atoms with Crippen molar-refractivity contribution in [2.24, 2.45) is 0 Å². The van der Waals surface area contributed by atoms with Crippen LogP contribution in [0.25, 0.3) is 6.08 Å². The van der Waals surface area contributed by atoms with Crippen molar-refractivity contribution in [2.75, 3.05) is 14.2 Å². The molecule has 24 heavy (non-hydrogen) atoms. The number of hydrogen-bond acceptors (Lipinski definition) is 4. The molecule has 0 heterocycles. The van der Waals surface area contributed by atoms with Crippen LogP contribution in [0.4, 0.5) is 0 Å². The maximum absolute atomic E-state index is 12.3. The van der Waals surface area contributed by atoms with Crippen molar-refractivity contribution < 1.29 is 24.2 Å². The Morgan fingerprint density at radius 3 is 2.17 bits per heavy atom. The van der Waals surface area contributed by atoms with Gasteiger partial charge in [0.15, 0.2) is 17.3 Å². The minimum Gasteiger partial charge on any atom is -0.493 e. The molecule has 0 bridgehead atoms. The summed E-state index contributed by atoms with van der Waals surface area (Å²) < 4.78 is 10.3. The molecule has 5 nitrogen and oxygen atoms in total. The van der Waals surface area contributed by atoms with Crippen LogP contribution >= 0.6 is 11.6 Å². The molecule has 0 atom stereocenters. The molecule has 0 aliphatic rings. The van der Waals surface area contributed by atoms with Crippen LogP contribution in [0.3, 0.4) is 0 Å². The summed E-state index contributed by atoms with van der Waals surface area (Å²) in [5.74, 6) is -0.460. The van der Waals surface area contributed by atoms with Crippen LogP contribution in [-0.4, -0.2) is 31.1 Å². The third kappa shape index (κ3) is 3.94. The number of allylic oxidation sites excluding steroid dienone is 1. The number of ether oxygens (including phenoxy) is 2. The van der Waals surface area contributed by atoms with Crippen LogP contribution < -0.4 is 9.47 Å². The van der Waals surface area contributed by atoms with E-state index in [9.17, 15) is 9.59 Å². The second-order valence-electron chi connectivity index (χ2n) is 4.81. The number of rotatable bonds is 6. The zero-order valence-corrected chi connectivity index (χ0v) is 13.8. The number of methoxy groups -OCH3 is 2. The summed E-state index contributed by atoms with van der Waals surface area (Å²) in [5, 5.41) is 9.11. The highest BCUT2D eigenvalue weighted by Gasteiger charge is 2.14. The molecule has 0 saturated heterocycles. The Kier molecular flexibility index (Phi) is 5.60. The van der Waals surface area contributed by atoms with Gasteiger partial charge in [-0.15, -0.1) is 0 Å². The fourth-order valence-electron chi connectivity index (χ4n) is 2.04. The quantitative estimate of drug-likeness (QED) is 0.633. The van der Waals surface area contributed by atoms with Crippen LogP contribution in [0.1, 0.15) is 26.3 Å². The maximum Gasteiger partial charge on any atom is 0.335 e. The Labute approximate surface area is 144 Å². The van der Waals surface area contributed by atoms with E-state index in [1.807, 2.05) is 0 Å².